The summed E-state index contributed by atoms with van der Waals surface area (Å²) in [6, 6.07) is 18.9. The standard InChI is InChI=1S/C22H19N3O5S/c1-29-18-10-7-16(8-11-18)25-31(27,28)21-13-17(9-12-20(21)30-2)24-22(26)19-6-4-3-5-15(19)14-23/h3-13,25H,1-2H3,(H,24,26). The number of nitriles is 1. The third-order valence-corrected chi connectivity index (χ3v) is 5.75. The molecule has 1 amide bonds. The summed E-state index contributed by atoms with van der Waals surface area (Å²) in [5, 5.41) is 11.8. The van der Waals surface area contributed by atoms with E-state index in [9.17, 15) is 18.5 Å². The number of rotatable bonds is 7. The average Bonchev–Trinajstić information content (AvgIpc) is 2.79. The van der Waals surface area contributed by atoms with Crippen LogP contribution in [0.2, 0.25) is 0 Å². The van der Waals surface area contributed by atoms with Crippen molar-refractivity contribution in [2.45, 2.75) is 4.90 Å². The van der Waals surface area contributed by atoms with Gasteiger partial charge in [0.25, 0.3) is 15.9 Å². The zero-order chi connectivity index (χ0) is 22.4. The molecule has 158 valence electrons. The van der Waals surface area contributed by atoms with E-state index in [0.29, 0.717) is 11.4 Å². The molecule has 0 radical (unpaired) electrons. The van der Waals surface area contributed by atoms with Gasteiger partial charge in [-0.05, 0) is 54.6 Å². The Balaban J connectivity index is 1.90. The minimum atomic E-state index is -4.03. The molecule has 0 aromatic heterocycles. The molecule has 0 heterocycles. The van der Waals surface area contributed by atoms with E-state index in [1.54, 1.807) is 36.4 Å². The van der Waals surface area contributed by atoms with Gasteiger partial charge in [-0.25, -0.2) is 8.42 Å². The average molecular weight is 437 g/mol. The molecule has 0 unspecified atom stereocenters. The van der Waals surface area contributed by atoms with Gasteiger partial charge in [0.1, 0.15) is 16.4 Å². The van der Waals surface area contributed by atoms with Crippen LogP contribution in [0.3, 0.4) is 0 Å². The summed E-state index contributed by atoms with van der Waals surface area (Å²) in [6.07, 6.45) is 0. The molecule has 0 fully saturated rings. The van der Waals surface area contributed by atoms with Gasteiger partial charge in [0, 0.05) is 11.4 Å². The van der Waals surface area contributed by atoms with Gasteiger partial charge in [-0.1, -0.05) is 12.1 Å². The van der Waals surface area contributed by atoms with Crippen molar-refractivity contribution in [3.8, 4) is 17.6 Å². The predicted octanol–water partition coefficient (Wildman–Crippen LogP) is 3.63. The van der Waals surface area contributed by atoms with Gasteiger partial charge in [-0.15, -0.1) is 0 Å². The third kappa shape index (κ3) is 4.94. The van der Waals surface area contributed by atoms with Crippen LogP contribution in [0.15, 0.2) is 71.6 Å². The van der Waals surface area contributed by atoms with Crippen LogP contribution in [0, 0.1) is 11.3 Å². The first-order chi connectivity index (χ1) is 14.9. The van der Waals surface area contributed by atoms with Crippen LogP contribution in [0.25, 0.3) is 0 Å². The molecule has 8 nitrogen and oxygen atoms in total. The minimum absolute atomic E-state index is 0.108. The summed E-state index contributed by atoms with van der Waals surface area (Å²) >= 11 is 0. The largest absolute Gasteiger partial charge is 0.497 e. The van der Waals surface area contributed by atoms with Gasteiger partial charge in [0.05, 0.1) is 31.4 Å². The lowest BCUT2D eigenvalue weighted by atomic mass is 10.1. The molecule has 3 aromatic carbocycles. The maximum Gasteiger partial charge on any atom is 0.265 e. The number of carbonyl (C=O) groups is 1. The number of hydrogen-bond acceptors (Lipinski definition) is 6. The van der Waals surface area contributed by atoms with E-state index < -0.39 is 15.9 Å². The quantitative estimate of drug-likeness (QED) is 0.583. The number of benzene rings is 3. The first-order valence-corrected chi connectivity index (χ1v) is 10.5. The van der Waals surface area contributed by atoms with Crippen molar-refractivity contribution < 1.29 is 22.7 Å². The molecule has 3 aromatic rings. The lowest BCUT2D eigenvalue weighted by Crippen LogP contribution is -2.16. The molecule has 0 saturated carbocycles. The Morgan fingerprint density at radius 2 is 1.61 bits per heavy atom. The van der Waals surface area contributed by atoms with Gasteiger partial charge < -0.3 is 14.8 Å². The van der Waals surface area contributed by atoms with Crippen LogP contribution in [-0.2, 0) is 10.0 Å². The van der Waals surface area contributed by atoms with Gasteiger partial charge in [0.2, 0.25) is 0 Å². The minimum Gasteiger partial charge on any atom is -0.497 e. The van der Waals surface area contributed by atoms with Crippen LogP contribution in [-0.4, -0.2) is 28.5 Å². The summed E-state index contributed by atoms with van der Waals surface area (Å²) in [7, 11) is -1.17. The van der Waals surface area contributed by atoms with E-state index >= 15 is 0 Å². The highest BCUT2D eigenvalue weighted by Gasteiger charge is 2.21. The lowest BCUT2D eigenvalue weighted by Gasteiger charge is -2.14. The second-order valence-electron chi connectivity index (χ2n) is 6.31. The lowest BCUT2D eigenvalue weighted by molar-refractivity contribution is 0.102. The first-order valence-electron chi connectivity index (χ1n) is 9.03. The molecular formula is C22H19N3O5S. The first kappa shape index (κ1) is 21.7. The molecule has 0 spiro atoms. The van der Waals surface area contributed by atoms with Crippen molar-refractivity contribution in [3.05, 3.63) is 77.9 Å². The molecule has 0 aliphatic heterocycles. The van der Waals surface area contributed by atoms with Gasteiger partial charge in [0.15, 0.2) is 0 Å². The maximum absolute atomic E-state index is 13.0. The van der Waals surface area contributed by atoms with Crippen molar-refractivity contribution in [1.29, 1.82) is 5.26 Å². The Morgan fingerprint density at radius 1 is 0.935 bits per heavy atom. The van der Waals surface area contributed by atoms with Gasteiger partial charge in [-0.2, -0.15) is 5.26 Å². The fourth-order valence-corrected chi connectivity index (χ4v) is 4.07. The highest BCUT2D eigenvalue weighted by atomic mass is 32.2. The molecule has 0 bridgehead atoms. The molecule has 31 heavy (non-hydrogen) atoms. The second-order valence-corrected chi connectivity index (χ2v) is 7.96. The molecule has 0 aliphatic rings. The number of sulfonamides is 1. The van der Waals surface area contributed by atoms with Crippen molar-refractivity contribution in [2.75, 3.05) is 24.3 Å². The highest BCUT2D eigenvalue weighted by molar-refractivity contribution is 7.92. The fraction of sp³-hybridized carbons (Fsp3) is 0.0909. The Bertz CT molecular complexity index is 1250. The Hall–Kier alpha value is -4.03. The molecule has 3 rings (SSSR count). The Labute approximate surface area is 180 Å². The number of nitrogens with one attached hydrogen (secondary N) is 2. The zero-order valence-corrected chi connectivity index (χ0v) is 17.6. The SMILES string of the molecule is COc1ccc(NS(=O)(=O)c2cc(NC(=O)c3ccccc3C#N)ccc2OC)cc1. The van der Waals surface area contributed by atoms with Gasteiger partial charge in [-0.3, -0.25) is 9.52 Å². The third-order valence-electron chi connectivity index (χ3n) is 4.35. The molecule has 9 heteroatoms. The summed E-state index contributed by atoms with van der Waals surface area (Å²) in [4.78, 5) is 12.4. The monoisotopic (exact) mass is 437 g/mol. The Kier molecular flexibility index (Phi) is 6.43. The van der Waals surface area contributed by atoms with Crippen LogP contribution < -0.4 is 19.5 Å². The van der Waals surface area contributed by atoms with Crippen molar-refractivity contribution in [1.82, 2.24) is 0 Å². The van der Waals surface area contributed by atoms with Crippen molar-refractivity contribution in [2.24, 2.45) is 0 Å². The van der Waals surface area contributed by atoms with Crippen molar-refractivity contribution >= 4 is 27.3 Å². The van der Waals surface area contributed by atoms with Crippen LogP contribution in [0.4, 0.5) is 11.4 Å². The normalized spacial score (nSPS) is 10.6. The number of nitrogens with zero attached hydrogens (tertiary/aromatic N) is 1. The number of carbonyl (C=O) groups excluding carboxylic acids is 1. The number of ether oxygens (including phenoxy) is 2. The molecule has 2 N–H and O–H groups in total. The molecule has 0 saturated heterocycles. The predicted molar refractivity (Wildman–Crippen MR) is 116 cm³/mol. The van der Waals surface area contributed by atoms with Crippen LogP contribution >= 0.6 is 0 Å². The van der Waals surface area contributed by atoms with E-state index in [4.69, 9.17) is 9.47 Å². The Morgan fingerprint density at radius 3 is 2.26 bits per heavy atom. The van der Waals surface area contributed by atoms with E-state index in [-0.39, 0.29) is 27.5 Å². The number of hydrogen-bond donors (Lipinski definition) is 2. The van der Waals surface area contributed by atoms with E-state index in [0.717, 1.165) is 0 Å². The maximum atomic E-state index is 13.0. The summed E-state index contributed by atoms with van der Waals surface area (Å²) < 4.78 is 38.7. The number of anilines is 2. The summed E-state index contributed by atoms with van der Waals surface area (Å²) in [6.45, 7) is 0. The summed E-state index contributed by atoms with van der Waals surface area (Å²) in [5.74, 6) is 0.160. The number of amides is 1. The van der Waals surface area contributed by atoms with Crippen LogP contribution in [0.5, 0.6) is 11.5 Å². The van der Waals surface area contributed by atoms with Crippen molar-refractivity contribution in [3.63, 3.8) is 0 Å². The fourth-order valence-electron chi connectivity index (χ4n) is 2.81. The summed E-state index contributed by atoms with van der Waals surface area (Å²) in [5.41, 5.74) is 0.956. The van der Waals surface area contributed by atoms with E-state index in [2.05, 4.69) is 10.0 Å². The van der Waals surface area contributed by atoms with Gasteiger partial charge >= 0.3 is 0 Å². The van der Waals surface area contributed by atoms with E-state index in [1.165, 1.54) is 44.6 Å². The van der Waals surface area contributed by atoms with Crippen LogP contribution in [0.1, 0.15) is 15.9 Å². The molecule has 0 atom stereocenters. The van der Waals surface area contributed by atoms with E-state index in [1.807, 2.05) is 6.07 Å². The highest BCUT2D eigenvalue weighted by Crippen LogP contribution is 2.29. The molecular weight excluding hydrogens is 418 g/mol. The molecule has 0 aliphatic carbocycles. The number of methoxy groups -OCH3 is 2. The zero-order valence-electron chi connectivity index (χ0n) is 16.7. The second kappa shape index (κ2) is 9.19. The topological polar surface area (TPSA) is 118 Å². The smallest absolute Gasteiger partial charge is 0.265 e.